The molecular formula is C28H30F2N4O5S. The topological polar surface area (TPSA) is 112 Å². The maximum atomic E-state index is 13.8. The lowest BCUT2D eigenvalue weighted by Crippen LogP contribution is -2.56. The molecule has 3 aromatic rings. The van der Waals surface area contributed by atoms with E-state index in [2.05, 4.69) is 24.4 Å². The average Bonchev–Trinajstić information content (AvgIpc) is 3.46. The van der Waals surface area contributed by atoms with Gasteiger partial charge in [0.1, 0.15) is 10.8 Å². The number of aromatic nitrogens is 1. The fraction of sp³-hybridized carbons (Fsp3) is 0.429. The third-order valence-corrected chi connectivity index (χ3v) is 8.91. The number of fused-ring (bicyclic) bond motifs is 2. The lowest BCUT2D eigenvalue weighted by molar-refractivity contribution is -0.894. The number of rotatable bonds is 7. The van der Waals surface area contributed by atoms with Crippen LogP contribution in [-0.2, 0) is 29.0 Å². The van der Waals surface area contributed by atoms with Crippen LogP contribution in [0.2, 0.25) is 0 Å². The molecule has 5 rings (SSSR count). The number of methoxy groups -OCH3 is 1. The van der Waals surface area contributed by atoms with Crippen molar-refractivity contribution < 1.29 is 37.5 Å². The Hall–Kier alpha value is -3.64. The van der Waals surface area contributed by atoms with E-state index in [-0.39, 0.29) is 25.3 Å². The van der Waals surface area contributed by atoms with Crippen LogP contribution in [0.3, 0.4) is 0 Å². The summed E-state index contributed by atoms with van der Waals surface area (Å²) in [5.41, 5.74) is 0.365. The number of halogens is 2. The van der Waals surface area contributed by atoms with Crippen molar-refractivity contribution in [2.75, 3.05) is 47.4 Å². The van der Waals surface area contributed by atoms with Crippen LogP contribution in [0, 0.1) is 17.0 Å². The molecule has 0 bridgehead atoms. The Labute approximate surface area is 233 Å². The molecule has 0 saturated carbocycles. The van der Waals surface area contributed by atoms with Crippen molar-refractivity contribution in [3.05, 3.63) is 57.6 Å². The van der Waals surface area contributed by atoms with Crippen LogP contribution in [0.4, 0.5) is 8.78 Å². The molecule has 1 aliphatic carbocycles. The Bertz CT molecular complexity index is 1480. The van der Waals surface area contributed by atoms with E-state index in [9.17, 15) is 28.3 Å². The van der Waals surface area contributed by atoms with Gasteiger partial charge in [0, 0.05) is 18.5 Å². The van der Waals surface area contributed by atoms with Gasteiger partial charge in [-0.15, -0.1) is 11.3 Å². The molecule has 40 heavy (non-hydrogen) atoms. The number of ether oxygens (including phenoxy) is 1. The molecule has 1 N–H and O–H groups in total. The first kappa shape index (κ1) is 27.9. The Morgan fingerprint density at radius 3 is 2.30 bits per heavy atom. The summed E-state index contributed by atoms with van der Waals surface area (Å²) < 4.78 is 34.7. The van der Waals surface area contributed by atoms with E-state index in [1.165, 1.54) is 18.4 Å². The molecule has 0 atom stereocenters. The number of carbonyl (C=O) groups excluding carboxylic acids is 3. The van der Waals surface area contributed by atoms with E-state index in [0.29, 0.717) is 46.1 Å². The molecule has 2 aromatic carbocycles. The summed E-state index contributed by atoms with van der Waals surface area (Å²) in [5, 5.41) is 14.8. The van der Waals surface area contributed by atoms with Crippen molar-refractivity contribution in [1.82, 2.24) is 15.2 Å². The van der Waals surface area contributed by atoms with Gasteiger partial charge in [0.15, 0.2) is 11.6 Å². The van der Waals surface area contributed by atoms with Gasteiger partial charge in [0.25, 0.3) is 5.91 Å². The number of aliphatic carboxylic acids is 1. The number of likely N-dealkylation sites (N-methyl/N-ethyl adjacent to an activating group) is 1. The summed E-state index contributed by atoms with van der Waals surface area (Å²) in [6, 6.07) is 5.47. The first-order valence-electron chi connectivity index (χ1n) is 12.9. The van der Waals surface area contributed by atoms with Crippen LogP contribution in [0.25, 0.3) is 10.2 Å². The zero-order valence-corrected chi connectivity index (χ0v) is 23.3. The van der Waals surface area contributed by atoms with E-state index < -0.39 is 35.3 Å². The summed E-state index contributed by atoms with van der Waals surface area (Å²) >= 11 is 1.31. The molecule has 1 aliphatic heterocycles. The molecule has 1 aromatic heterocycles. The number of amides is 2. The number of carboxylic acids is 1. The van der Waals surface area contributed by atoms with Gasteiger partial charge in [-0.25, -0.2) is 13.8 Å². The first-order chi connectivity index (χ1) is 18.9. The number of nitrogens with one attached hydrogen (secondary N) is 1. The number of quaternary nitrogens is 1. The van der Waals surface area contributed by atoms with Gasteiger partial charge in [0.2, 0.25) is 5.91 Å². The normalized spacial score (nSPS) is 17.5. The molecule has 2 heterocycles. The number of hydrogen-bond acceptors (Lipinski definition) is 7. The maximum absolute atomic E-state index is 13.8. The largest absolute Gasteiger partial charge is 0.550 e. The highest BCUT2D eigenvalue weighted by atomic mass is 32.1. The van der Waals surface area contributed by atoms with Gasteiger partial charge in [-0.1, -0.05) is 0 Å². The van der Waals surface area contributed by atoms with Crippen molar-refractivity contribution in [3.8, 4) is 5.75 Å². The number of carbonyl (C=O) groups is 3. The highest BCUT2D eigenvalue weighted by molar-refractivity contribution is 7.18. The maximum Gasteiger partial charge on any atom is 0.258 e. The van der Waals surface area contributed by atoms with Gasteiger partial charge in [0.05, 0.1) is 75.1 Å². The minimum atomic E-state index is -1.43. The summed E-state index contributed by atoms with van der Waals surface area (Å²) in [5.74, 6) is -3.77. The molecule has 0 unspecified atom stereocenters. The number of nitrogens with zero attached hydrogens (tertiary/aromatic N) is 3. The summed E-state index contributed by atoms with van der Waals surface area (Å²) in [6.45, 7) is 2.99. The minimum absolute atomic E-state index is 0.0107. The zero-order chi connectivity index (χ0) is 28.8. The fourth-order valence-corrected chi connectivity index (χ4v) is 6.45. The predicted octanol–water partition coefficient (Wildman–Crippen LogP) is 1.66. The zero-order valence-electron chi connectivity index (χ0n) is 22.5. The van der Waals surface area contributed by atoms with Crippen molar-refractivity contribution in [3.63, 3.8) is 0 Å². The molecule has 0 radical (unpaired) electrons. The Balaban J connectivity index is 1.34. The Morgan fingerprint density at radius 2 is 1.73 bits per heavy atom. The van der Waals surface area contributed by atoms with Crippen LogP contribution in [0.5, 0.6) is 5.75 Å². The van der Waals surface area contributed by atoms with Gasteiger partial charge in [-0.2, -0.15) is 0 Å². The summed E-state index contributed by atoms with van der Waals surface area (Å²) in [6.07, 6.45) is -0.686. The highest BCUT2D eigenvalue weighted by Gasteiger charge is 2.44. The minimum Gasteiger partial charge on any atom is -0.550 e. The van der Waals surface area contributed by atoms with Crippen molar-refractivity contribution in [2.24, 2.45) is 5.41 Å². The number of piperazine rings is 1. The van der Waals surface area contributed by atoms with Crippen molar-refractivity contribution in [2.45, 2.75) is 25.8 Å². The molecular weight excluding hydrogens is 542 g/mol. The van der Waals surface area contributed by atoms with Crippen molar-refractivity contribution >= 4 is 39.3 Å². The van der Waals surface area contributed by atoms with Crippen LogP contribution in [0.15, 0.2) is 24.3 Å². The smallest absolute Gasteiger partial charge is 0.258 e. The summed E-state index contributed by atoms with van der Waals surface area (Å²) in [4.78, 5) is 44.6. The number of benzene rings is 2. The Morgan fingerprint density at radius 1 is 1.10 bits per heavy atom. The van der Waals surface area contributed by atoms with Gasteiger partial charge < -0.3 is 29.3 Å². The van der Waals surface area contributed by atoms with E-state index in [1.54, 1.807) is 12.1 Å². The number of thiazole rings is 1. The lowest BCUT2D eigenvalue weighted by atomic mass is 9.80. The quantitative estimate of drug-likeness (QED) is 0.431. The number of carboxylic acid groups (broad SMARTS) is 1. The molecule has 2 amide bonds. The lowest BCUT2D eigenvalue weighted by Gasteiger charge is -2.39. The SMILES string of the molecule is COc1cc2sc(CNC(=O)C3(CC(=O)[O-])Cc4cc(F)c(F)cc4C3)nc2cc1C(=O)N1CC[N+](C)(C)CC1. The highest BCUT2D eigenvalue weighted by Crippen LogP contribution is 2.41. The molecule has 9 nitrogen and oxygen atoms in total. The first-order valence-corrected chi connectivity index (χ1v) is 13.7. The van der Waals surface area contributed by atoms with Crippen LogP contribution < -0.4 is 15.2 Å². The Kier molecular flexibility index (Phi) is 7.26. The molecule has 212 valence electrons. The van der Waals surface area contributed by atoms with Crippen LogP contribution >= 0.6 is 11.3 Å². The van der Waals surface area contributed by atoms with Gasteiger partial charge in [-0.05, 0) is 42.2 Å². The second-order valence-electron chi connectivity index (χ2n) is 11.2. The molecule has 2 aliphatic rings. The average molecular weight is 573 g/mol. The van der Waals surface area contributed by atoms with E-state index >= 15 is 0 Å². The second-order valence-corrected chi connectivity index (χ2v) is 12.3. The van der Waals surface area contributed by atoms with Crippen LogP contribution in [-0.4, -0.2) is 79.5 Å². The van der Waals surface area contributed by atoms with Crippen molar-refractivity contribution in [1.29, 1.82) is 0 Å². The molecule has 1 fully saturated rings. The van der Waals surface area contributed by atoms with Gasteiger partial charge >= 0.3 is 0 Å². The van der Waals surface area contributed by atoms with E-state index in [0.717, 1.165) is 34.4 Å². The van der Waals surface area contributed by atoms with E-state index in [1.807, 2.05) is 4.90 Å². The fourth-order valence-electron chi connectivity index (χ4n) is 5.53. The third-order valence-electron chi connectivity index (χ3n) is 7.89. The van der Waals surface area contributed by atoms with E-state index in [4.69, 9.17) is 4.74 Å². The van der Waals surface area contributed by atoms with Crippen LogP contribution in [0.1, 0.15) is 32.9 Å². The summed E-state index contributed by atoms with van der Waals surface area (Å²) in [7, 11) is 5.77. The second kappa shape index (κ2) is 10.4. The number of hydrogen-bond donors (Lipinski definition) is 1. The molecule has 1 saturated heterocycles. The standard InChI is InChI=1S/C28H30F2N4O5S/c1-34(2)6-4-33(5-7-34)26(37)18-10-21-23(11-22(18)39-3)40-24(32-21)15-31-27(38)28(14-25(35)36)12-16-8-19(29)20(30)9-17(16)13-28/h8-11H,4-7,12-15H2,1-3H3,(H-,31,35,36,38). The molecule has 0 spiro atoms. The monoisotopic (exact) mass is 572 g/mol. The molecule has 12 heteroatoms. The third kappa shape index (κ3) is 5.37. The van der Waals surface area contributed by atoms with Gasteiger partial charge in [-0.3, -0.25) is 9.59 Å². The predicted molar refractivity (Wildman–Crippen MR) is 142 cm³/mol.